The van der Waals surface area contributed by atoms with Crippen LogP contribution in [0.4, 0.5) is 13.2 Å². The Balaban J connectivity index is 2.86. The van der Waals surface area contributed by atoms with E-state index >= 15 is 0 Å². The number of halogens is 3. The molecule has 3 nitrogen and oxygen atoms in total. The van der Waals surface area contributed by atoms with Crippen molar-refractivity contribution in [1.29, 1.82) is 0 Å². The summed E-state index contributed by atoms with van der Waals surface area (Å²) in [5, 5.41) is 0. The van der Waals surface area contributed by atoms with E-state index in [0.29, 0.717) is 12.8 Å². The Morgan fingerprint density at radius 3 is 2.47 bits per heavy atom. The van der Waals surface area contributed by atoms with E-state index in [9.17, 15) is 13.2 Å². The van der Waals surface area contributed by atoms with E-state index in [1.807, 2.05) is 0 Å². The highest BCUT2D eigenvalue weighted by atomic mass is 19.4. The molecule has 1 heterocycles. The zero-order chi connectivity index (χ0) is 11.5. The summed E-state index contributed by atoms with van der Waals surface area (Å²) in [6, 6.07) is 0. The maximum atomic E-state index is 12.1. The topological polar surface area (TPSA) is 35.0 Å². The van der Waals surface area contributed by atoms with Gasteiger partial charge in [0.15, 0.2) is 5.69 Å². The van der Waals surface area contributed by atoms with Crippen molar-refractivity contribution in [3.63, 3.8) is 0 Å². The van der Waals surface area contributed by atoms with Gasteiger partial charge in [0.2, 0.25) is 0 Å². The lowest BCUT2D eigenvalue weighted by atomic mass is 10.3. The van der Waals surface area contributed by atoms with Crippen molar-refractivity contribution in [3.05, 3.63) is 30.4 Å². The van der Waals surface area contributed by atoms with E-state index in [4.69, 9.17) is 4.74 Å². The van der Waals surface area contributed by atoms with E-state index in [1.54, 1.807) is 6.92 Å². The van der Waals surface area contributed by atoms with Crippen molar-refractivity contribution in [3.8, 4) is 0 Å². The van der Waals surface area contributed by atoms with Gasteiger partial charge in [0.05, 0.1) is 19.0 Å². The van der Waals surface area contributed by atoms with E-state index in [2.05, 4.69) is 16.5 Å². The Hall–Kier alpha value is -1.59. The molecule has 1 rings (SSSR count). The lowest BCUT2D eigenvalue weighted by Crippen LogP contribution is -2.09. The molecule has 0 atom stereocenters. The van der Waals surface area contributed by atoms with Crippen LogP contribution in [0.2, 0.25) is 0 Å². The number of ether oxygens (including phenoxy) is 1. The smallest absolute Gasteiger partial charge is 0.434 e. The van der Waals surface area contributed by atoms with Crippen molar-refractivity contribution in [2.24, 2.45) is 0 Å². The molecule has 0 N–H and O–H groups in total. The summed E-state index contributed by atoms with van der Waals surface area (Å²) in [7, 11) is 0. The molecule has 0 fully saturated rings. The molecule has 82 valence electrons. The van der Waals surface area contributed by atoms with Crippen molar-refractivity contribution < 1.29 is 17.9 Å². The van der Waals surface area contributed by atoms with Crippen LogP contribution in [0.1, 0.15) is 18.3 Å². The van der Waals surface area contributed by atoms with Gasteiger partial charge in [0.1, 0.15) is 11.5 Å². The van der Waals surface area contributed by atoms with Crippen molar-refractivity contribution in [2.45, 2.75) is 13.1 Å². The van der Waals surface area contributed by atoms with E-state index in [1.165, 1.54) is 0 Å². The monoisotopic (exact) mass is 218 g/mol. The minimum Gasteiger partial charge on any atom is -0.492 e. The average molecular weight is 218 g/mol. The van der Waals surface area contributed by atoms with Gasteiger partial charge in [-0.25, -0.2) is 9.97 Å². The van der Waals surface area contributed by atoms with Gasteiger partial charge in [0.25, 0.3) is 0 Å². The highest BCUT2D eigenvalue weighted by molar-refractivity contribution is 5.52. The quantitative estimate of drug-likeness (QED) is 0.731. The number of hydrogen-bond acceptors (Lipinski definition) is 3. The Morgan fingerprint density at radius 2 is 2.07 bits per heavy atom. The second kappa shape index (κ2) is 4.29. The summed E-state index contributed by atoms with van der Waals surface area (Å²) in [6.45, 7) is 5.62. The van der Waals surface area contributed by atoms with Crippen LogP contribution in [-0.2, 0) is 10.9 Å². The molecule has 0 unspecified atom stereocenters. The van der Waals surface area contributed by atoms with Crippen LogP contribution in [0, 0.1) is 0 Å². The minimum absolute atomic E-state index is 0.199. The molecule has 1 aromatic heterocycles. The number of aromatic nitrogens is 2. The summed E-state index contributed by atoms with van der Waals surface area (Å²) in [6.07, 6.45) is -2.83. The summed E-state index contributed by atoms with van der Waals surface area (Å²) >= 11 is 0. The normalized spacial score (nSPS) is 11.2. The third-order valence-corrected chi connectivity index (χ3v) is 1.55. The standard InChI is InChI=1S/C9H9F3N2O/c1-3-15-6(2)7-4-14-8(5-13-7)9(10,11)12/h4-5H,2-3H2,1H3. The van der Waals surface area contributed by atoms with Gasteiger partial charge in [-0.2, -0.15) is 13.2 Å². The molecule has 0 radical (unpaired) electrons. The minimum atomic E-state index is -4.47. The van der Waals surface area contributed by atoms with Gasteiger partial charge in [-0.1, -0.05) is 6.58 Å². The van der Waals surface area contributed by atoms with Crippen LogP contribution in [0.5, 0.6) is 0 Å². The van der Waals surface area contributed by atoms with Gasteiger partial charge in [0, 0.05) is 0 Å². The molecule has 15 heavy (non-hydrogen) atoms. The first kappa shape index (κ1) is 11.5. The molecule has 0 saturated carbocycles. The van der Waals surface area contributed by atoms with Crippen LogP contribution >= 0.6 is 0 Å². The highest BCUT2D eigenvalue weighted by Gasteiger charge is 2.32. The van der Waals surface area contributed by atoms with Crippen LogP contribution in [0.15, 0.2) is 19.0 Å². The Kier molecular flexibility index (Phi) is 3.28. The first-order valence-electron chi connectivity index (χ1n) is 4.16. The lowest BCUT2D eigenvalue weighted by molar-refractivity contribution is -0.141. The summed E-state index contributed by atoms with van der Waals surface area (Å²) in [4.78, 5) is 6.78. The molecule has 0 saturated heterocycles. The van der Waals surface area contributed by atoms with Crippen LogP contribution in [0.25, 0.3) is 5.76 Å². The Labute approximate surface area is 84.6 Å². The second-order valence-corrected chi connectivity index (χ2v) is 2.64. The fourth-order valence-corrected chi connectivity index (χ4v) is 0.867. The molecule has 0 aliphatic rings. The first-order valence-corrected chi connectivity index (χ1v) is 4.16. The van der Waals surface area contributed by atoms with Gasteiger partial charge < -0.3 is 4.74 Å². The SMILES string of the molecule is C=C(OCC)c1cnc(C(F)(F)F)cn1. The Morgan fingerprint density at radius 1 is 1.40 bits per heavy atom. The molecule has 0 spiro atoms. The molecule has 1 aromatic rings. The largest absolute Gasteiger partial charge is 0.492 e. The predicted molar refractivity (Wildman–Crippen MR) is 47.7 cm³/mol. The summed E-state index contributed by atoms with van der Waals surface area (Å²) < 4.78 is 41.3. The third-order valence-electron chi connectivity index (χ3n) is 1.55. The lowest BCUT2D eigenvalue weighted by Gasteiger charge is -2.07. The number of hydrogen-bond donors (Lipinski definition) is 0. The molecule has 0 amide bonds. The van der Waals surface area contributed by atoms with Gasteiger partial charge >= 0.3 is 6.18 Å². The molecule has 0 bridgehead atoms. The van der Waals surface area contributed by atoms with Crippen LogP contribution in [0.3, 0.4) is 0 Å². The summed E-state index contributed by atoms with van der Waals surface area (Å²) in [5.74, 6) is 0.207. The van der Waals surface area contributed by atoms with Crippen LogP contribution in [-0.4, -0.2) is 16.6 Å². The van der Waals surface area contributed by atoms with Gasteiger partial charge in [-0.15, -0.1) is 0 Å². The molecular formula is C9H9F3N2O. The molecule has 0 aromatic carbocycles. The molecule has 6 heteroatoms. The molecule has 0 aliphatic carbocycles. The molecular weight excluding hydrogens is 209 g/mol. The fraction of sp³-hybridized carbons (Fsp3) is 0.333. The van der Waals surface area contributed by atoms with Crippen LogP contribution < -0.4 is 0 Å². The van der Waals surface area contributed by atoms with Crippen molar-refractivity contribution in [2.75, 3.05) is 6.61 Å². The molecule has 0 aliphatic heterocycles. The zero-order valence-electron chi connectivity index (χ0n) is 8.01. The second-order valence-electron chi connectivity index (χ2n) is 2.64. The maximum absolute atomic E-state index is 12.1. The predicted octanol–water partition coefficient (Wildman–Crippen LogP) is 2.50. The average Bonchev–Trinajstić information content (AvgIpc) is 2.17. The third kappa shape index (κ3) is 2.93. The van der Waals surface area contributed by atoms with Crippen molar-refractivity contribution in [1.82, 2.24) is 9.97 Å². The number of rotatable bonds is 3. The summed E-state index contributed by atoms with van der Waals surface area (Å²) in [5.41, 5.74) is -0.833. The number of nitrogens with zero attached hydrogens (tertiary/aromatic N) is 2. The first-order chi connectivity index (χ1) is 6.95. The number of alkyl halides is 3. The zero-order valence-corrected chi connectivity index (χ0v) is 8.01. The van der Waals surface area contributed by atoms with E-state index in [0.717, 1.165) is 6.20 Å². The fourth-order valence-electron chi connectivity index (χ4n) is 0.867. The Bertz CT molecular complexity index is 345. The van der Waals surface area contributed by atoms with Gasteiger partial charge in [-0.05, 0) is 6.92 Å². The highest BCUT2D eigenvalue weighted by Crippen LogP contribution is 2.26. The van der Waals surface area contributed by atoms with Gasteiger partial charge in [-0.3, -0.25) is 0 Å². The van der Waals surface area contributed by atoms with E-state index in [-0.39, 0.29) is 11.5 Å². The van der Waals surface area contributed by atoms with Crippen molar-refractivity contribution >= 4 is 5.76 Å². The maximum Gasteiger partial charge on any atom is 0.434 e. The van der Waals surface area contributed by atoms with E-state index < -0.39 is 11.9 Å².